The van der Waals surface area contributed by atoms with Gasteiger partial charge in [-0.1, -0.05) is 13.8 Å². The van der Waals surface area contributed by atoms with Crippen molar-refractivity contribution < 1.29 is 9.13 Å². The topological polar surface area (TPSA) is 21.3 Å². The van der Waals surface area contributed by atoms with Crippen molar-refractivity contribution in [3.8, 4) is 5.75 Å². The van der Waals surface area contributed by atoms with E-state index < -0.39 is 0 Å². The van der Waals surface area contributed by atoms with E-state index in [0.717, 1.165) is 23.5 Å². The van der Waals surface area contributed by atoms with E-state index in [9.17, 15) is 4.39 Å². The highest BCUT2D eigenvalue weighted by Gasteiger charge is 2.02. The molecule has 0 bridgehead atoms. The van der Waals surface area contributed by atoms with E-state index in [-0.39, 0.29) is 5.82 Å². The van der Waals surface area contributed by atoms with Gasteiger partial charge < -0.3 is 10.1 Å². The summed E-state index contributed by atoms with van der Waals surface area (Å²) in [7, 11) is 0. The minimum absolute atomic E-state index is 0.280. The van der Waals surface area contributed by atoms with Crippen molar-refractivity contribution in [1.82, 2.24) is 5.32 Å². The van der Waals surface area contributed by atoms with E-state index >= 15 is 0 Å². The molecule has 0 atom stereocenters. The van der Waals surface area contributed by atoms with Crippen LogP contribution in [0.25, 0.3) is 0 Å². The summed E-state index contributed by atoms with van der Waals surface area (Å²) in [4.78, 5) is 0. The SMILES string of the molecule is CC(C)CCCNCCOc1cc(F)ccc1Br. The van der Waals surface area contributed by atoms with E-state index in [0.29, 0.717) is 12.4 Å². The summed E-state index contributed by atoms with van der Waals surface area (Å²) in [5, 5.41) is 3.31. The van der Waals surface area contributed by atoms with Crippen molar-refractivity contribution >= 4 is 15.9 Å². The molecule has 0 aliphatic rings. The summed E-state index contributed by atoms with van der Waals surface area (Å²) in [5.41, 5.74) is 0. The summed E-state index contributed by atoms with van der Waals surface area (Å²) in [6.07, 6.45) is 2.42. The van der Waals surface area contributed by atoms with E-state index in [1.165, 1.54) is 25.0 Å². The van der Waals surface area contributed by atoms with E-state index in [4.69, 9.17) is 4.74 Å². The Labute approximate surface area is 117 Å². The Balaban J connectivity index is 2.12. The Hall–Kier alpha value is -0.610. The molecule has 18 heavy (non-hydrogen) atoms. The molecule has 0 spiro atoms. The van der Waals surface area contributed by atoms with Crippen LogP contribution < -0.4 is 10.1 Å². The zero-order valence-electron chi connectivity index (χ0n) is 11.0. The number of rotatable bonds is 8. The van der Waals surface area contributed by atoms with E-state index in [1.807, 2.05) is 0 Å². The average molecular weight is 318 g/mol. The first kappa shape index (κ1) is 15.4. The first-order chi connectivity index (χ1) is 8.59. The van der Waals surface area contributed by atoms with Gasteiger partial charge in [-0.3, -0.25) is 0 Å². The van der Waals surface area contributed by atoms with Gasteiger partial charge in [-0.15, -0.1) is 0 Å². The van der Waals surface area contributed by atoms with Crippen LogP contribution in [0.3, 0.4) is 0 Å². The maximum absolute atomic E-state index is 13.0. The maximum Gasteiger partial charge on any atom is 0.136 e. The molecule has 2 nitrogen and oxygen atoms in total. The van der Waals surface area contributed by atoms with Gasteiger partial charge in [0.2, 0.25) is 0 Å². The fourth-order valence-corrected chi connectivity index (χ4v) is 1.94. The first-order valence-electron chi connectivity index (χ1n) is 6.38. The van der Waals surface area contributed by atoms with Crippen LogP contribution in [0.5, 0.6) is 5.75 Å². The standard InChI is InChI=1S/C14H21BrFNO/c1-11(2)4-3-7-17-8-9-18-14-10-12(16)5-6-13(14)15/h5-6,10-11,17H,3-4,7-9H2,1-2H3. The van der Waals surface area contributed by atoms with Crippen LogP contribution >= 0.6 is 15.9 Å². The average Bonchev–Trinajstić information content (AvgIpc) is 2.32. The Morgan fingerprint density at radius 1 is 1.33 bits per heavy atom. The molecule has 1 N–H and O–H groups in total. The lowest BCUT2D eigenvalue weighted by molar-refractivity contribution is 0.309. The van der Waals surface area contributed by atoms with Crippen molar-refractivity contribution in [2.24, 2.45) is 5.92 Å². The second kappa shape index (κ2) is 8.48. The van der Waals surface area contributed by atoms with Gasteiger partial charge in [0.05, 0.1) is 4.47 Å². The molecule has 1 rings (SSSR count). The Kier molecular flexibility index (Phi) is 7.28. The normalized spacial score (nSPS) is 10.9. The summed E-state index contributed by atoms with van der Waals surface area (Å²) < 4.78 is 19.3. The van der Waals surface area contributed by atoms with Crippen LogP contribution in [0.15, 0.2) is 22.7 Å². The molecule has 0 aromatic heterocycles. The minimum Gasteiger partial charge on any atom is -0.491 e. The van der Waals surface area contributed by atoms with Gasteiger partial charge in [-0.25, -0.2) is 4.39 Å². The molecular formula is C14H21BrFNO. The smallest absolute Gasteiger partial charge is 0.136 e. The number of hydrogen-bond acceptors (Lipinski definition) is 2. The van der Waals surface area contributed by atoms with Crippen LogP contribution in [0.2, 0.25) is 0 Å². The highest BCUT2D eigenvalue weighted by atomic mass is 79.9. The minimum atomic E-state index is -0.280. The third-order valence-electron chi connectivity index (χ3n) is 2.56. The van der Waals surface area contributed by atoms with Gasteiger partial charge in [0.25, 0.3) is 0 Å². The quantitative estimate of drug-likeness (QED) is 0.732. The molecule has 102 valence electrons. The van der Waals surface area contributed by atoms with Crippen LogP contribution in [0.1, 0.15) is 26.7 Å². The molecule has 4 heteroatoms. The largest absolute Gasteiger partial charge is 0.491 e. The highest BCUT2D eigenvalue weighted by molar-refractivity contribution is 9.10. The van der Waals surface area contributed by atoms with Crippen molar-refractivity contribution in [2.45, 2.75) is 26.7 Å². The Morgan fingerprint density at radius 3 is 2.83 bits per heavy atom. The maximum atomic E-state index is 13.0. The highest BCUT2D eigenvalue weighted by Crippen LogP contribution is 2.25. The number of benzene rings is 1. The van der Waals surface area contributed by atoms with Gasteiger partial charge in [-0.05, 0) is 53.4 Å². The van der Waals surface area contributed by atoms with Crippen molar-refractivity contribution in [2.75, 3.05) is 19.7 Å². The summed E-state index contributed by atoms with van der Waals surface area (Å²) in [6, 6.07) is 4.45. The Bertz CT molecular complexity index is 358. The van der Waals surface area contributed by atoms with E-state index in [2.05, 4.69) is 35.1 Å². The van der Waals surface area contributed by atoms with Crippen LogP contribution in [-0.2, 0) is 0 Å². The molecule has 1 aromatic rings. The summed E-state index contributed by atoms with van der Waals surface area (Å²) in [5.74, 6) is 1.03. The first-order valence-corrected chi connectivity index (χ1v) is 7.17. The molecule has 0 aliphatic heterocycles. The van der Waals surface area contributed by atoms with Gasteiger partial charge in [0.1, 0.15) is 18.2 Å². The molecule has 1 aromatic carbocycles. The lowest BCUT2D eigenvalue weighted by Crippen LogP contribution is -2.22. The monoisotopic (exact) mass is 317 g/mol. The Morgan fingerprint density at radius 2 is 2.11 bits per heavy atom. The van der Waals surface area contributed by atoms with Crippen LogP contribution in [0, 0.1) is 11.7 Å². The second-order valence-corrected chi connectivity index (χ2v) is 5.56. The molecular weight excluding hydrogens is 297 g/mol. The number of nitrogens with one attached hydrogen (secondary N) is 1. The summed E-state index contributed by atoms with van der Waals surface area (Å²) >= 11 is 3.33. The van der Waals surface area contributed by atoms with Gasteiger partial charge in [0.15, 0.2) is 0 Å². The van der Waals surface area contributed by atoms with Crippen molar-refractivity contribution in [3.63, 3.8) is 0 Å². The molecule has 0 unspecified atom stereocenters. The zero-order valence-corrected chi connectivity index (χ0v) is 12.6. The van der Waals surface area contributed by atoms with Crippen LogP contribution in [-0.4, -0.2) is 19.7 Å². The van der Waals surface area contributed by atoms with Crippen molar-refractivity contribution in [3.05, 3.63) is 28.5 Å². The zero-order chi connectivity index (χ0) is 13.4. The molecule has 0 heterocycles. The van der Waals surface area contributed by atoms with Gasteiger partial charge in [-0.2, -0.15) is 0 Å². The van der Waals surface area contributed by atoms with Crippen LogP contribution in [0.4, 0.5) is 4.39 Å². The lowest BCUT2D eigenvalue weighted by atomic mass is 10.1. The third-order valence-corrected chi connectivity index (χ3v) is 3.22. The number of ether oxygens (including phenoxy) is 1. The van der Waals surface area contributed by atoms with Gasteiger partial charge >= 0.3 is 0 Å². The van der Waals surface area contributed by atoms with E-state index in [1.54, 1.807) is 6.07 Å². The molecule has 0 saturated heterocycles. The lowest BCUT2D eigenvalue weighted by Gasteiger charge is -2.09. The summed E-state index contributed by atoms with van der Waals surface area (Å²) in [6.45, 7) is 6.78. The number of hydrogen-bond donors (Lipinski definition) is 1. The number of halogens is 2. The fourth-order valence-electron chi connectivity index (χ4n) is 1.58. The molecule has 0 fully saturated rings. The molecule has 0 aliphatic carbocycles. The predicted molar refractivity (Wildman–Crippen MR) is 76.5 cm³/mol. The molecule has 0 radical (unpaired) electrons. The van der Waals surface area contributed by atoms with Crippen molar-refractivity contribution in [1.29, 1.82) is 0 Å². The van der Waals surface area contributed by atoms with Gasteiger partial charge in [0, 0.05) is 12.6 Å². The fraction of sp³-hybridized carbons (Fsp3) is 0.571. The predicted octanol–water partition coefficient (Wildman–Crippen LogP) is 3.99. The third kappa shape index (κ3) is 6.36. The second-order valence-electron chi connectivity index (χ2n) is 4.71. The molecule has 0 amide bonds. The molecule has 0 saturated carbocycles.